The predicted octanol–water partition coefficient (Wildman–Crippen LogP) is 3.50. The van der Waals surface area contributed by atoms with E-state index in [-0.39, 0.29) is 5.82 Å². The van der Waals surface area contributed by atoms with E-state index >= 15 is 0 Å². The van der Waals surface area contributed by atoms with Crippen molar-refractivity contribution < 1.29 is 9.47 Å². The first-order chi connectivity index (χ1) is 10.4. The number of aromatic nitrogens is 3. The van der Waals surface area contributed by atoms with Gasteiger partial charge in [-0.25, -0.2) is 15.0 Å². The van der Waals surface area contributed by atoms with E-state index in [1.807, 2.05) is 18.2 Å². The number of rotatable bonds is 5. The van der Waals surface area contributed by atoms with Gasteiger partial charge in [0.1, 0.15) is 12.2 Å². The Kier molecular flexibility index (Phi) is 5.67. The number of hydrogen-bond acceptors (Lipinski definition) is 5. The summed E-state index contributed by atoms with van der Waals surface area (Å²) in [5, 5.41) is 0. The fraction of sp³-hybridized carbons (Fsp3) is 0.357. The summed E-state index contributed by atoms with van der Waals surface area (Å²) in [5.41, 5.74) is 1.06. The van der Waals surface area contributed by atoms with Gasteiger partial charge in [0.2, 0.25) is 3.79 Å². The van der Waals surface area contributed by atoms with Gasteiger partial charge in [-0.15, -0.1) is 0 Å². The van der Waals surface area contributed by atoms with E-state index in [4.69, 9.17) is 44.3 Å². The van der Waals surface area contributed by atoms with Gasteiger partial charge in [-0.3, -0.25) is 0 Å². The third kappa shape index (κ3) is 4.35. The molecule has 1 heterocycles. The Morgan fingerprint density at radius 3 is 2.36 bits per heavy atom. The third-order valence-corrected chi connectivity index (χ3v) is 3.47. The Hall–Kier alpha value is -1.30. The SMILES string of the molecule is COc1ccc(CCc2ncnc(C(Cl)(Cl)Cl)n2)cc1OC. The fourth-order valence-corrected chi connectivity index (χ4v) is 2.15. The molecule has 118 valence electrons. The third-order valence-electron chi connectivity index (χ3n) is 2.96. The highest BCUT2D eigenvalue weighted by Crippen LogP contribution is 2.35. The largest absolute Gasteiger partial charge is 0.493 e. The minimum atomic E-state index is -1.65. The van der Waals surface area contributed by atoms with E-state index in [1.54, 1.807) is 14.2 Å². The second kappa shape index (κ2) is 7.31. The molecule has 2 aromatic rings. The van der Waals surface area contributed by atoms with Crippen molar-refractivity contribution in [2.45, 2.75) is 16.6 Å². The van der Waals surface area contributed by atoms with Gasteiger partial charge < -0.3 is 9.47 Å². The molecule has 0 aliphatic carbocycles. The van der Waals surface area contributed by atoms with Gasteiger partial charge in [0, 0.05) is 6.42 Å². The van der Waals surface area contributed by atoms with Crippen LogP contribution in [0.4, 0.5) is 0 Å². The molecule has 0 aliphatic heterocycles. The lowest BCUT2D eigenvalue weighted by atomic mass is 10.1. The lowest BCUT2D eigenvalue weighted by molar-refractivity contribution is 0.354. The van der Waals surface area contributed by atoms with Crippen LogP contribution < -0.4 is 9.47 Å². The van der Waals surface area contributed by atoms with E-state index in [1.165, 1.54) is 6.33 Å². The molecule has 0 fully saturated rings. The summed E-state index contributed by atoms with van der Waals surface area (Å²) in [6, 6.07) is 5.72. The average Bonchev–Trinajstić information content (AvgIpc) is 2.52. The van der Waals surface area contributed by atoms with Crippen molar-refractivity contribution in [2.75, 3.05) is 14.2 Å². The van der Waals surface area contributed by atoms with Crippen molar-refractivity contribution in [3.63, 3.8) is 0 Å². The molecule has 1 aromatic heterocycles. The molecule has 0 N–H and O–H groups in total. The van der Waals surface area contributed by atoms with E-state index in [2.05, 4.69) is 15.0 Å². The van der Waals surface area contributed by atoms with Crippen LogP contribution in [0.15, 0.2) is 24.5 Å². The molecular formula is C14H14Cl3N3O2. The molecule has 2 rings (SSSR count). The zero-order valence-electron chi connectivity index (χ0n) is 12.0. The first-order valence-electron chi connectivity index (χ1n) is 6.40. The summed E-state index contributed by atoms with van der Waals surface area (Å²) < 4.78 is 8.83. The normalized spacial score (nSPS) is 11.3. The fourth-order valence-electron chi connectivity index (χ4n) is 1.88. The maximum absolute atomic E-state index is 5.77. The van der Waals surface area contributed by atoms with Crippen LogP contribution in [0.3, 0.4) is 0 Å². The highest BCUT2D eigenvalue weighted by Gasteiger charge is 2.26. The van der Waals surface area contributed by atoms with E-state index in [9.17, 15) is 0 Å². The number of benzene rings is 1. The second-order valence-corrected chi connectivity index (χ2v) is 6.69. The van der Waals surface area contributed by atoms with Gasteiger partial charge in [-0.05, 0) is 24.1 Å². The minimum Gasteiger partial charge on any atom is -0.493 e. The molecule has 5 nitrogen and oxygen atoms in total. The maximum atomic E-state index is 5.77. The van der Waals surface area contributed by atoms with Gasteiger partial charge in [0.05, 0.1) is 14.2 Å². The van der Waals surface area contributed by atoms with Crippen molar-refractivity contribution in [1.29, 1.82) is 0 Å². The topological polar surface area (TPSA) is 57.1 Å². The monoisotopic (exact) mass is 361 g/mol. The molecule has 0 radical (unpaired) electrons. The summed E-state index contributed by atoms with van der Waals surface area (Å²) >= 11 is 17.3. The molecule has 1 aromatic carbocycles. The lowest BCUT2D eigenvalue weighted by Crippen LogP contribution is -2.11. The molecule has 0 unspecified atom stereocenters. The van der Waals surface area contributed by atoms with Crippen molar-refractivity contribution in [1.82, 2.24) is 15.0 Å². The summed E-state index contributed by atoms with van der Waals surface area (Å²) in [6.45, 7) is 0. The number of nitrogens with zero attached hydrogens (tertiary/aromatic N) is 3. The molecular weight excluding hydrogens is 349 g/mol. The molecule has 0 saturated heterocycles. The van der Waals surface area contributed by atoms with Crippen molar-refractivity contribution >= 4 is 34.8 Å². The molecule has 0 spiro atoms. The minimum absolute atomic E-state index is 0.120. The summed E-state index contributed by atoms with van der Waals surface area (Å²) in [7, 11) is 3.20. The van der Waals surface area contributed by atoms with Crippen molar-refractivity contribution in [3.05, 3.63) is 41.7 Å². The van der Waals surface area contributed by atoms with Gasteiger partial charge in [-0.2, -0.15) is 0 Å². The van der Waals surface area contributed by atoms with Crippen LogP contribution in [-0.2, 0) is 16.6 Å². The van der Waals surface area contributed by atoms with Gasteiger partial charge >= 0.3 is 0 Å². The average molecular weight is 363 g/mol. The number of methoxy groups -OCH3 is 2. The molecule has 8 heteroatoms. The molecule has 0 atom stereocenters. The zero-order chi connectivity index (χ0) is 16.2. The molecule has 0 aliphatic rings. The quantitative estimate of drug-likeness (QED) is 0.762. The highest BCUT2D eigenvalue weighted by molar-refractivity contribution is 6.66. The lowest BCUT2D eigenvalue weighted by Gasteiger charge is -2.10. The Bertz CT molecular complexity index is 647. The molecule has 0 amide bonds. The van der Waals surface area contributed by atoms with Gasteiger partial charge in [0.25, 0.3) is 0 Å². The Balaban J connectivity index is 2.10. The first kappa shape index (κ1) is 17.1. The van der Waals surface area contributed by atoms with Crippen LogP contribution >= 0.6 is 34.8 Å². The van der Waals surface area contributed by atoms with Crippen LogP contribution in [0.5, 0.6) is 11.5 Å². The van der Waals surface area contributed by atoms with Crippen LogP contribution in [0.1, 0.15) is 17.2 Å². The van der Waals surface area contributed by atoms with E-state index in [0.29, 0.717) is 30.2 Å². The Labute approximate surface area is 143 Å². The van der Waals surface area contributed by atoms with Crippen LogP contribution in [0.2, 0.25) is 0 Å². The molecule has 22 heavy (non-hydrogen) atoms. The van der Waals surface area contributed by atoms with Crippen LogP contribution in [0, 0.1) is 0 Å². The predicted molar refractivity (Wildman–Crippen MR) is 86.0 cm³/mol. The molecule has 0 bridgehead atoms. The van der Waals surface area contributed by atoms with E-state index < -0.39 is 3.79 Å². The van der Waals surface area contributed by atoms with Gasteiger partial charge in [0.15, 0.2) is 17.3 Å². The number of hydrogen-bond donors (Lipinski definition) is 0. The van der Waals surface area contributed by atoms with Gasteiger partial charge in [-0.1, -0.05) is 40.9 Å². The molecule has 0 saturated carbocycles. The summed E-state index contributed by atoms with van der Waals surface area (Å²) in [6.07, 6.45) is 2.64. The smallest absolute Gasteiger partial charge is 0.250 e. The summed E-state index contributed by atoms with van der Waals surface area (Å²) in [5.74, 6) is 2.04. The highest BCUT2D eigenvalue weighted by atomic mass is 35.6. The number of ether oxygens (including phenoxy) is 2. The van der Waals surface area contributed by atoms with Crippen molar-refractivity contribution in [2.24, 2.45) is 0 Å². The number of aryl methyl sites for hydroxylation is 2. The Morgan fingerprint density at radius 2 is 1.73 bits per heavy atom. The standard InChI is InChI=1S/C14H14Cl3N3O2/c1-21-10-5-3-9(7-11(10)22-2)4-6-12-18-8-19-13(20-12)14(15,16)17/h3,5,7-8H,4,6H2,1-2H3. The maximum Gasteiger partial charge on any atom is 0.250 e. The van der Waals surface area contributed by atoms with Crippen molar-refractivity contribution in [3.8, 4) is 11.5 Å². The van der Waals surface area contributed by atoms with Crippen LogP contribution in [0.25, 0.3) is 0 Å². The number of halogens is 3. The summed E-state index contributed by atoms with van der Waals surface area (Å²) in [4.78, 5) is 12.1. The van der Waals surface area contributed by atoms with Crippen LogP contribution in [-0.4, -0.2) is 29.2 Å². The number of alkyl halides is 3. The Morgan fingerprint density at radius 1 is 1.00 bits per heavy atom. The van der Waals surface area contributed by atoms with E-state index in [0.717, 1.165) is 5.56 Å². The zero-order valence-corrected chi connectivity index (χ0v) is 14.3. The second-order valence-electron chi connectivity index (χ2n) is 4.41. The first-order valence-corrected chi connectivity index (χ1v) is 7.53.